The van der Waals surface area contributed by atoms with E-state index < -0.39 is 11.5 Å². The molecule has 0 saturated heterocycles. The standard InChI is InChI=1S/C25H20N4O4/c1-3-33-25(31)19-13-26-22-21-20(16-7-5-4-6-8-16)14-28(17-9-11-18(32-2)12-10-17)23(21)27-15-29(22)24(19)30/h4-15H,3H2,1-2H3. The van der Waals surface area contributed by atoms with Crippen LogP contribution in [0.5, 0.6) is 5.75 Å². The SMILES string of the molecule is CCOC(=O)c1cnc2c3c(-c4ccccc4)cn(-c4ccc(OC)cc4)c3ncn2c1=O. The van der Waals surface area contributed by atoms with Gasteiger partial charge in [0, 0.05) is 23.6 Å². The van der Waals surface area contributed by atoms with E-state index in [9.17, 15) is 9.59 Å². The predicted octanol–water partition coefficient (Wildman–Crippen LogP) is 3.89. The Balaban J connectivity index is 1.82. The predicted molar refractivity (Wildman–Crippen MR) is 124 cm³/mol. The van der Waals surface area contributed by atoms with E-state index in [4.69, 9.17) is 9.47 Å². The lowest BCUT2D eigenvalue weighted by Crippen LogP contribution is -2.24. The average molecular weight is 440 g/mol. The third-order valence-corrected chi connectivity index (χ3v) is 5.42. The van der Waals surface area contributed by atoms with Crippen molar-refractivity contribution in [2.75, 3.05) is 13.7 Å². The summed E-state index contributed by atoms with van der Waals surface area (Å²) >= 11 is 0. The van der Waals surface area contributed by atoms with E-state index in [1.54, 1.807) is 14.0 Å². The second-order valence-corrected chi connectivity index (χ2v) is 7.31. The summed E-state index contributed by atoms with van der Waals surface area (Å²) < 4.78 is 13.5. The Kier molecular flexibility index (Phi) is 5.10. The Labute approximate surface area is 188 Å². The number of aromatic nitrogens is 4. The number of fused-ring (bicyclic) bond motifs is 3. The third kappa shape index (κ3) is 3.41. The van der Waals surface area contributed by atoms with E-state index in [1.165, 1.54) is 16.9 Å². The van der Waals surface area contributed by atoms with E-state index in [-0.39, 0.29) is 12.2 Å². The summed E-state index contributed by atoms with van der Waals surface area (Å²) in [7, 11) is 1.62. The van der Waals surface area contributed by atoms with Gasteiger partial charge in [0.25, 0.3) is 5.56 Å². The summed E-state index contributed by atoms with van der Waals surface area (Å²) in [5, 5.41) is 0.701. The molecule has 8 nitrogen and oxygen atoms in total. The van der Waals surface area contributed by atoms with Gasteiger partial charge in [-0.15, -0.1) is 0 Å². The Bertz CT molecular complexity index is 1540. The Morgan fingerprint density at radius 3 is 2.45 bits per heavy atom. The van der Waals surface area contributed by atoms with Gasteiger partial charge in [0.05, 0.1) is 19.1 Å². The van der Waals surface area contributed by atoms with Gasteiger partial charge in [-0.25, -0.2) is 19.2 Å². The van der Waals surface area contributed by atoms with Crippen LogP contribution in [-0.4, -0.2) is 38.6 Å². The van der Waals surface area contributed by atoms with Crippen LogP contribution in [0.15, 0.2) is 78.1 Å². The van der Waals surface area contributed by atoms with Gasteiger partial charge in [-0.3, -0.25) is 4.79 Å². The van der Waals surface area contributed by atoms with E-state index in [0.717, 1.165) is 22.6 Å². The van der Waals surface area contributed by atoms with Crippen LogP contribution in [0.3, 0.4) is 0 Å². The third-order valence-electron chi connectivity index (χ3n) is 5.42. The quantitative estimate of drug-likeness (QED) is 0.386. The molecule has 0 amide bonds. The molecule has 3 aromatic heterocycles. The maximum atomic E-state index is 13.0. The Morgan fingerprint density at radius 1 is 1.00 bits per heavy atom. The fraction of sp³-hybridized carbons (Fsp3) is 0.120. The van der Waals surface area contributed by atoms with Crippen molar-refractivity contribution in [1.82, 2.24) is 18.9 Å². The zero-order chi connectivity index (χ0) is 22.9. The first-order chi connectivity index (χ1) is 16.1. The molecule has 5 aromatic rings. The number of carbonyl (C=O) groups is 1. The van der Waals surface area contributed by atoms with Crippen LogP contribution in [0.1, 0.15) is 17.3 Å². The number of ether oxygens (including phenoxy) is 2. The van der Waals surface area contributed by atoms with Gasteiger partial charge in [0.15, 0.2) is 11.3 Å². The first-order valence-corrected chi connectivity index (χ1v) is 10.4. The molecular weight excluding hydrogens is 420 g/mol. The number of hydrogen-bond donors (Lipinski definition) is 0. The highest BCUT2D eigenvalue weighted by molar-refractivity contribution is 6.04. The van der Waals surface area contributed by atoms with Crippen LogP contribution in [0.4, 0.5) is 0 Å². The molecule has 0 aliphatic rings. The monoisotopic (exact) mass is 440 g/mol. The molecule has 2 aromatic carbocycles. The molecule has 0 aliphatic heterocycles. The van der Waals surface area contributed by atoms with Gasteiger partial charge in [0.1, 0.15) is 17.6 Å². The Morgan fingerprint density at radius 2 is 1.76 bits per heavy atom. The molecule has 0 radical (unpaired) electrons. The topological polar surface area (TPSA) is 87.7 Å². The first-order valence-electron chi connectivity index (χ1n) is 10.4. The van der Waals surface area contributed by atoms with Crippen molar-refractivity contribution in [1.29, 1.82) is 0 Å². The zero-order valence-corrected chi connectivity index (χ0v) is 18.1. The van der Waals surface area contributed by atoms with Crippen molar-refractivity contribution in [2.24, 2.45) is 0 Å². The molecule has 8 heteroatoms. The fourth-order valence-corrected chi connectivity index (χ4v) is 3.84. The highest BCUT2D eigenvalue weighted by Crippen LogP contribution is 2.33. The highest BCUT2D eigenvalue weighted by atomic mass is 16.5. The first kappa shape index (κ1) is 20.4. The molecular formula is C25H20N4O4. The maximum Gasteiger partial charge on any atom is 0.345 e. The van der Waals surface area contributed by atoms with Crippen LogP contribution < -0.4 is 10.3 Å². The Hall–Kier alpha value is -4.46. The average Bonchev–Trinajstić information content (AvgIpc) is 3.25. The summed E-state index contributed by atoms with van der Waals surface area (Å²) in [4.78, 5) is 34.3. The molecule has 0 fully saturated rings. The van der Waals surface area contributed by atoms with Crippen molar-refractivity contribution in [3.8, 4) is 22.6 Å². The van der Waals surface area contributed by atoms with Gasteiger partial charge in [-0.2, -0.15) is 0 Å². The number of hydrogen-bond acceptors (Lipinski definition) is 6. The van der Waals surface area contributed by atoms with Crippen LogP contribution in [0.25, 0.3) is 33.5 Å². The molecule has 0 N–H and O–H groups in total. The van der Waals surface area contributed by atoms with Crippen LogP contribution in [0, 0.1) is 0 Å². The summed E-state index contributed by atoms with van der Waals surface area (Å²) in [5.41, 5.74) is 3.08. The molecule has 33 heavy (non-hydrogen) atoms. The van der Waals surface area contributed by atoms with E-state index in [1.807, 2.05) is 65.4 Å². The van der Waals surface area contributed by atoms with E-state index >= 15 is 0 Å². The van der Waals surface area contributed by atoms with Gasteiger partial charge in [0.2, 0.25) is 0 Å². The minimum absolute atomic E-state index is 0.133. The van der Waals surface area contributed by atoms with Gasteiger partial charge in [-0.05, 0) is 36.8 Å². The lowest BCUT2D eigenvalue weighted by molar-refractivity contribution is 0.0523. The number of rotatable bonds is 5. The van der Waals surface area contributed by atoms with Crippen molar-refractivity contribution >= 4 is 22.6 Å². The maximum absolute atomic E-state index is 13.0. The molecule has 0 saturated carbocycles. The minimum atomic E-state index is -0.705. The van der Waals surface area contributed by atoms with Crippen LogP contribution in [-0.2, 0) is 4.74 Å². The molecule has 3 heterocycles. The number of benzene rings is 2. The molecule has 0 spiro atoms. The second kappa shape index (κ2) is 8.23. The van der Waals surface area contributed by atoms with Gasteiger partial charge in [-0.1, -0.05) is 30.3 Å². The summed E-state index contributed by atoms with van der Waals surface area (Å²) in [6, 6.07) is 17.4. The number of carbonyl (C=O) groups excluding carboxylic acids is 1. The smallest absolute Gasteiger partial charge is 0.345 e. The molecule has 0 aliphatic carbocycles. The van der Waals surface area contributed by atoms with E-state index in [0.29, 0.717) is 16.7 Å². The highest BCUT2D eigenvalue weighted by Gasteiger charge is 2.20. The van der Waals surface area contributed by atoms with Crippen molar-refractivity contribution in [3.05, 3.63) is 89.2 Å². The van der Waals surface area contributed by atoms with Crippen molar-refractivity contribution in [3.63, 3.8) is 0 Å². The number of nitrogens with zero attached hydrogens (tertiary/aromatic N) is 4. The van der Waals surface area contributed by atoms with Crippen LogP contribution in [0.2, 0.25) is 0 Å². The van der Waals surface area contributed by atoms with Crippen molar-refractivity contribution < 1.29 is 14.3 Å². The van der Waals surface area contributed by atoms with Gasteiger partial charge >= 0.3 is 5.97 Å². The normalized spacial score (nSPS) is 11.1. The van der Waals surface area contributed by atoms with Crippen molar-refractivity contribution in [2.45, 2.75) is 6.92 Å². The van der Waals surface area contributed by atoms with Crippen LogP contribution >= 0.6 is 0 Å². The molecule has 164 valence electrons. The summed E-state index contributed by atoms with van der Waals surface area (Å²) in [5.74, 6) is 0.0419. The van der Waals surface area contributed by atoms with E-state index in [2.05, 4.69) is 9.97 Å². The molecule has 0 bridgehead atoms. The lowest BCUT2D eigenvalue weighted by Gasteiger charge is -2.08. The largest absolute Gasteiger partial charge is 0.497 e. The summed E-state index contributed by atoms with van der Waals surface area (Å²) in [6.07, 6.45) is 4.64. The zero-order valence-electron chi connectivity index (χ0n) is 18.1. The second-order valence-electron chi connectivity index (χ2n) is 7.31. The lowest BCUT2D eigenvalue weighted by atomic mass is 10.1. The summed E-state index contributed by atoms with van der Waals surface area (Å²) in [6.45, 7) is 1.85. The number of esters is 1. The molecule has 0 unspecified atom stereocenters. The number of methoxy groups -OCH3 is 1. The fourth-order valence-electron chi connectivity index (χ4n) is 3.84. The van der Waals surface area contributed by atoms with Gasteiger partial charge < -0.3 is 14.0 Å². The minimum Gasteiger partial charge on any atom is -0.497 e. The molecule has 0 atom stereocenters. The molecule has 5 rings (SSSR count).